The third kappa shape index (κ3) is 2.92. The van der Waals surface area contributed by atoms with Gasteiger partial charge < -0.3 is 10.2 Å². The van der Waals surface area contributed by atoms with Gasteiger partial charge in [-0.2, -0.15) is 0 Å². The molecular weight excluding hydrogens is 307 g/mol. The van der Waals surface area contributed by atoms with Crippen LogP contribution in [0.2, 0.25) is 10.0 Å². The number of likely N-dealkylation sites (tertiary alicyclic amines) is 1. The molecule has 2 aliphatic rings. The summed E-state index contributed by atoms with van der Waals surface area (Å²) in [4.78, 5) is 14.9. The topological polar surface area (TPSA) is 32.3 Å². The van der Waals surface area contributed by atoms with E-state index in [0.717, 1.165) is 38.0 Å². The molecule has 5 heteroatoms. The van der Waals surface area contributed by atoms with Crippen molar-refractivity contribution in [1.29, 1.82) is 0 Å². The largest absolute Gasteiger partial charge is 0.335 e. The van der Waals surface area contributed by atoms with Gasteiger partial charge in [-0.25, -0.2) is 0 Å². The molecular formula is C16H20Cl2N2O. The summed E-state index contributed by atoms with van der Waals surface area (Å²) in [5, 5.41) is 4.43. The number of nitrogens with one attached hydrogen (secondary N) is 1. The van der Waals surface area contributed by atoms with Crippen LogP contribution in [0.4, 0.5) is 0 Å². The van der Waals surface area contributed by atoms with Crippen molar-refractivity contribution in [3.8, 4) is 0 Å². The SMILES string of the molecule is C[C@@H]1CNC[C@H]1C(=O)N1CCCC1c1ccc(Cl)c(Cl)c1. The molecule has 2 heterocycles. The van der Waals surface area contributed by atoms with Crippen molar-refractivity contribution in [2.45, 2.75) is 25.8 Å². The van der Waals surface area contributed by atoms with Crippen molar-refractivity contribution in [1.82, 2.24) is 10.2 Å². The number of halogens is 2. The van der Waals surface area contributed by atoms with Gasteiger partial charge in [0.2, 0.25) is 5.91 Å². The highest BCUT2D eigenvalue weighted by Crippen LogP contribution is 2.36. The predicted octanol–water partition coefficient (Wildman–Crippen LogP) is 3.51. The van der Waals surface area contributed by atoms with Gasteiger partial charge in [0.15, 0.2) is 0 Å². The first kappa shape index (κ1) is 15.1. The van der Waals surface area contributed by atoms with Crippen LogP contribution < -0.4 is 5.32 Å². The van der Waals surface area contributed by atoms with Crippen LogP contribution in [0.1, 0.15) is 31.4 Å². The molecule has 1 amide bonds. The summed E-state index contributed by atoms with van der Waals surface area (Å²) in [5.41, 5.74) is 1.09. The van der Waals surface area contributed by atoms with E-state index < -0.39 is 0 Å². The van der Waals surface area contributed by atoms with E-state index in [-0.39, 0.29) is 17.9 Å². The molecule has 0 spiro atoms. The van der Waals surface area contributed by atoms with Gasteiger partial charge in [0, 0.05) is 13.1 Å². The number of hydrogen-bond donors (Lipinski definition) is 1. The first-order valence-corrected chi connectivity index (χ1v) is 8.29. The van der Waals surface area contributed by atoms with Gasteiger partial charge in [-0.15, -0.1) is 0 Å². The Balaban J connectivity index is 1.81. The zero-order valence-electron chi connectivity index (χ0n) is 12.1. The van der Waals surface area contributed by atoms with Crippen molar-refractivity contribution in [3.05, 3.63) is 33.8 Å². The van der Waals surface area contributed by atoms with Crippen molar-refractivity contribution in [2.75, 3.05) is 19.6 Å². The van der Waals surface area contributed by atoms with E-state index >= 15 is 0 Å². The number of carbonyl (C=O) groups excluding carboxylic acids is 1. The number of benzene rings is 1. The second kappa shape index (κ2) is 6.15. The highest BCUT2D eigenvalue weighted by Gasteiger charge is 2.38. The second-order valence-electron chi connectivity index (χ2n) is 6.11. The van der Waals surface area contributed by atoms with Gasteiger partial charge in [0.05, 0.1) is 22.0 Å². The Hall–Kier alpha value is -0.770. The molecule has 0 radical (unpaired) electrons. The molecule has 3 atom stereocenters. The molecule has 0 saturated carbocycles. The van der Waals surface area contributed by atoms with Gasteiger partial charge in [-0.05, 0) is 43.0 Å². The Morgan fingerprint density at radius 2 is 2.10 bits per heavy atom. The second-order valence-corrected chi connectivity index (χ2v) is 6.92. The maximum Gasteiger partial charge on any atom is 0.227 e. The van der Waals surface area contributed by atoms with Crippen LogP contribution in [0.25, 0.3) is 0 Å². The van der Waals surface area contributed by atoms with Gasteiger partial charge in [0.1, 0.15) is 0 Å². The lowest BCUT2D eigenvalue weighted by atomic mass is 9.95. The molecule has 1 aromatic rings. The Bertz CT molecular complexity index is 549. The molecule has 3 rings (SSSR count). The molecule has 1 unspecified atom stereocenters. The fourth-order valence-corrected chi connectivity index (χ4v) is 3.76. The fraction of sp³-hybridized carbons (Fsp3) is 0.562. The summed E-state index contributed by atoms with van der Waals surface area (Å²) in [5.74, 6) is 0.794. The average molecular weight is 327 g/mol. The van der Waals surface area contributed by atoms with E-state index in [1.54, 1.807) is 0 Å². The molecule has 114 valence electrons. The molecule has 0 bridgehead atoms. The zero-order chi connectivity index (χ0) is 15.0. The standard InChI is InChI=1S/C16H20Cl2N2O/c1-10-8-19-9-12(10)16(21)20-6-2-3-15(20)11-4-5-13(17)14(18)7-11/h4-5,7,10,12,15,19H,2-3,6,8-9H2,1H3/t10-,12-,15?/m1/s1. The highest BCUT2D eigenvalue weighted by atomic mass is 35.5. The van der Waals surface area contributed by atoms with E-state index in [4.69, 9.17) is 23.2 Å². The van der Waals surface area contributed by atoms with Crippen LogP contribution in [0, 0.1) is 11.8 Å². The first-order chi connectivity index (χ1) is 10.1. The Morgan fingerprint density at radius 1 is 1.29 bits per heavy atom. The zero-order valence-corrected chi connectivity index (χ0v) is 13.6. The Morgan fingerprint density at radius 3 is 2.76 bits per heavy atom. The highest BCUT2D eigenvalue weighted by molar-refractivity contribution is 6.42. The molecule has 2 aliphatic heterocycles. The van der Waals surface area contributed by atoms with E-state index in [1.165, 1.54) is 0 Å². The Labute approximate surface area is 135 Å². The smallest absolute Gasteiger partial charge is 0.227 e. The van der Waals surface area contributed by atoms with Gasteiger partial charge in [-0.1, -0.05) is 36.2 Å². The summed E-state index contributed by atoms with van der Waals surface area (Å²) >= 11 is 12.1. The van der Waals surface area contributed by atoms with Crippen LogP contribution >= 0.6 is 23.2 Å². The quantitative estimate of drug-likeness (QED) is 0.901. The lowest BCUT2D eigenvalue weighted by Gasteiger charge is -2.29. The minimum absolute atomic E-state index is 0.105. The van der Waals surface area contributed by atoms with Crippen molar-refractivity contribution >= 4 is 29.1 Å². The molecule has 2 fully saturated rings. The summed E-state index contributed by atoms with van der Waals surface area (Å²) in [6.07, 6.45) is 2.05. The number of nitrogens with zero attached hydrogens (tertiary/aromatic N) is 1. The third-order valence-corrected chi connectivity index (χ3v) is 5.44. The van der Waals surface area contributed by atoms with Crippen LogP contribution in [-0.2, 0) is 4.79 Å². The van der Waals surface area contributed by atoms with E-state index in [9.17, 15) is 4.79 Å². The Kier molecular flexibility index (Phi) is 4.43. The first-order valence-electron chi connectivity index (χ1n) is 7.54. The van der Waals surface area contributed by atoms with Crippen molar-refractivity contribution in [3.63, 3.8) is 0 Å². The molecule has 3 nitrogen and oxygen atoms in total. The van der Waals surface area contributed by atoms with Crippen LogP contribution in [0.5, 0.6) is 0 Å². The monoisotopic (exact) mass is 326 g/mol. The minimum atomic E-state index is 0.105. The number of rotatable bonds is 2. The maximum atomic E-state index is 12.8. The number of carbonyl (C=O) groups is 1. The van der Waals surface area contributed by atoms with E-state index in [0.29, 0.717) is 16.0 Å². The van der Waals surface area contributed by atoms with Crippen LogP contribution in [0.15, 0.2) is 18.2 Å². The van der Waals surface area contributed by atoms with Gasteiger partial charge in [0.25, 0.3) is 0 Å². The van der Waals surface area contributed by atoms with Crippen LogP contribution in [0.3, 0.4) is 0 Å². The minimum Gasteiger partial charge on any atom is -0.335 e. The van der Waals surface area contributed by atoms with Crippen molar-refractivity contribution in [2.24, 2.45) is 11.8 Å². The van der Waals surface area contributed by atoms with Crippen LogP contribution in [-0.4, -0.2) is 30.4 Å². The third-order valence-electron chi connectivity index (χ3n) is 4.70. The van der Waals surface area contributed by atoms with Gasteiger partial charge >= 0.3 is 0 Å². The van der Waals surface area contributed by atoms with E-state index in [2.05, 4.69) is 12.2 Å². The molecule has 1 aromatic carbocycles. The summed E-state index contributed by atoms with van der Waals surface area (Å²) in [6, 6.07) is 5.84. The lowest BCUT2D eigenvalue weighted by molar-refractivity contribution is -0.136. The molecule has 2 saturated heterocycles. The number of hydrogen-bond acceptors (Lipinski definition) is 2. The molecule has 0 aromatic heterocycles. The fourth-order valence-electron chi connectivity index (χ4n) is 3.45. The van der Waals surface area contributed by atoms with Gasteiger partial charge in [-0.3, -0.25) is 4.79 Å². The number of amides is 1. The summed E-state index contributed by atoms with van der Waals surface area (Å²) in [6.45, 7) is 4.71. The predicted molar refractivity (Wildman–Crippen MR) is 85.7 cm³/mol. The maximum absolute atomic E-state index is 12.8. The van der Waals surface area contributed by atoms with E-state index in [1.807, 2.05) is 23.1 Å². The summed E-state index contributed by atoms with van der Waals surface area (Å²) in [7, 11) is 0. The molecule has 1 N–H and O–H groups in total. The molecule has 0 aliphatic carbocycles. The van der Waals surface area contributed by atoms with Crippen molar-refractivity contribution < 1.29 is 4.79 Å². The summed E-state index contributed by atoms with van der Waals surface area (Å²) < 4.78 is 0. The average Bonchev–Trinajstić information content (AvgIpc) is 3.10. The lowest BCUT2D eigenvalue weighted by Crippen LogP contribution is -2.38. The normalized spacial score (nSPS) is 29.1. The molecule has 21 heavy (non-hydrogen) atoms.